The normalized spacial score (nSPS) is 19.5. The maximum Gasteiger partial charge on any atom is 0.407 e. The lowest BCUT2D eigenvalue weighted by Crippen LogP contribution is -2.51. The van der Waals surface area contributed by atoms with Crippen LogP contribution >= 0.6 is 11.6 Å². The van der Waals surface area contributed by atoms with E-state index < -0.39 is 29.2 Å². The lowest BCUT2D eigenvalue weighted by molar-refractivity contribution is -0.106. The average molecular weight is 638 g/mol. The number of amides is 2. The molecule has 0 spiro atoms. The Hall–Kier alpha value is -4.26. The molecule has 6 rings (SSSR count). The summed E-state index contributed by atoms with van der Waals surface area (Å²) in [6, 6.07) is 13.6. The number of likely N-dealkylation sites (tertiary alicyclic amines) is 1. The summed E-state index contributed by atoms with van der Waals surface area (Å²) in [6.45, 7) is 4.72. The molecule has 2 aromatic heterocycles. The molecule has 2 saturated heterocycles. The summed E-state index contributed by atoms with van der Waals surface area (Å²) < 4.78 is 22.1. The summed E-state index contributed by atoms with van der Waals surface area (Å²) in [7, 11) is 0. The molecule has 2 aliphatic heterocycles. The van der Waals surface area contributed by atoms with E-state index >= 15 is 0 Å². The highest BCUT2D eigenvalue weighted by atomic mass is 35.5. The monoisotopic (exact) mass is 637 g/mol. The van der Waals surface area contributed by atoms with E-state index in [9.17, 15) is 29.0 Å². The molecule has 2 amide bonds. The summed E-state index contributed by atoms with van der Waals surface area (Å²) in [6.07, 6.45) is 0.864. The quantitative estimate of drug-likeness (QED) is 0.330. The first kappa shape index (κ1) is 30.8. The van der Waals surface area contributed by atoms with Crippen LogP contribution in [0.5, 0.6) is 0 Å². The van der Waals surface area contributed by atoms with Crippen molar-refractivity contribution in [3.8, 4) is 5.69 Å². The number of nitrogens with zero attached hydrogens (tertiary/aromatic N) is 5. The van der Waals surface area contributed by atoms with Crippen molar-refractivity contribution in [2.45, 2.75) is 50.5 Å². The lowest BCUT2D eigenvalue weighted by atomic mass is 9.91. The van der Waals surface area contributed by atoms with Crippen molar-refractivity contribution in [3.05, 3.63) is 93.4 Å². The second-order valence-corrected chi connectivity index (χ2v) is 12.7. The fourth-order valence-corrected chi connectivity index (χ4v) is 6.39. The largest absolute Gasteiger partial charge is 0.465 e. The number of hydrogen-bond acceptors (Lipinski definition) is 6. The van der Waals surface area contributed by atoms with Crippen molar-refractivity contribution in [2.75, 3.05) is 26.2 Å². The third-order valence-corrected chi connectivity index (χ3v) is 8.90. The molecule has 0 aliphatic carbocycles. The van der Waals surface area contributed by atoms with Crippen molar-refractivity contribution >= 4 is 34.6 Å². The number of aromatic nitrogens is 3. The van der Waals surface area contributed by atoms with Gasteiger partial charge in [-0.05, 0) is 74.7 Å². The Balaban J connectivity index is 1.19. The first-order valence-corrected chi connectivity index (χ1v) is 15.0. The molecule has 1 unspecified atom stereocenters. The average Bonchev–Trinajstić information content (AvgIpc) is 3.35. The fraction of sp³-hybridized carbons (Fsp3) is 0.375. The van der Waals surface area contributed by atoms with Gasteiger partial charge in [-0.25, -0.2) is 14.2 Å². The molecule has 0 saturated carbocycles. The van der Waals surface area contributed by atoms with Gasteiger partial charge in [-0.3, -0.25) is 23.6 Å². The standard InChI is InChI=1S/C32H33ClFN5O6/c1-31(2)17-38(30(42)43)25(16-45-31)20-5-9-23(10-6-20)39-26(33)15-24-27(39)35-19-37(29(24)41)18-32(44)11-13-36(14-12-32)28(40)21-3-7-22(34)8-4-21/h3-10,15,19,25,44H,11-14,16-18H2,1-2H3,(H,42,43). The van der Waals surface area contributed by atoms with Gasteiger partial charge in [-0.2, -0.15) is 0 Å². The van der Waals surface area contributed by atoms with Crippen LogP contribution in [0.25, 0.3) is 16.7 Å². The second-order valence-electron chi connectivity index (χ2n) is 12.3. The molecular weight excluding hydrogens is 605 g/mol. The van der Waals surface area contributed by atoms with Crippen LogP contribution in [-0.4, -0.2) is 83.6 Å². The van der Waals surface area contributed by atoms with Gasteiger partial charge in [0.05, 0.1) is 42.3 Å². The summed E-state index contributed by atoms with van der Waals surface area (Å²) in [5, 5.41) is 21.6. The molecule has 2 aliphatic rings. The van der Waals surface area contributed by atoms with Crippen LogP contribution in [0, 0.1) is 5.82 Å². The van der Waals surface area contributed by atoms with E-state index in [1.807, 2.05) is 26.0 Å². The van der Waals surface area contributed by atoms with Gasteiger partial charge in [0.1, 0.15) is 17.3 Å². The van der Waals surface area contributed by atoms with Crippen molar-refractivity contribution in [1.29, 1.82) is 0 Å². The summed E-state index contributed by atoms with van der Waals surface area (Å²) in [5.74, 6) is -0.662. The number of aliphatic hydroxyl groups is 1. The molecule has 4 heterocycles. The number of morpholine rings is 1. The number of halogens is 2. The third-order valence-electron chi connectivity index (χ3n) is 8.62. The number of carbonyl (C=O) groups excluding carboxylic acids is 1. The molecule has 2 fully saturated rings. The van der Waals surface area contributed by atoms with Gasteiger partial charge in [0.15, 0.2) is 5.65 Å². The molecule has 0 radical (unpaired) electrons. The molecule has 13 heteroatoms. The van der Waals surface area contributed by atoms with Crippen LogP contribution in [0.1, 0.15) is 48.7 Å². The van der Waals surface area contributed by atoms with Crippen LogP contribution in [0.4, 0.5) is 9.18 Å². The molecule has 0 bridgehead atoms. The predicted octanol–water partition coefficient (Wildman–Crippen LogP) is 4.48. The predicted molar refractivity (Wildman–Crippen MR) is 164 cm³/mol. The first-order chi connectivity index (χ1) is 21.3. The molecule has 1 atom stereocenters. The molecule has 236 valence electrons. The number of ether oxygens (including phenoxy) is 1. The fourth-order valence-electron chi connectivity index (χ4n) is 6.10. The molecule has 4 aromatic rings. The highest BCUT2D eigenvalue weighted by molar-refractivity contribution is 6.31. The molecule has 11 nitrogen and oxygen atoms in total. The van der Waals surface area contributed by atoms with Gasteiger partial charge >= 0.3 is 6.09 Å². The Morgan fingerprint density at radius 1 is 1.09 bits per heavy atom. The maximum atomic E-state index is 13.5. The summed E-state index contributed by atoms with van der Waals surface area (Å²) >= 11 is 6.60. The van der Waals surface area contributed by atoms with Gasteiger partial charge < -0.3 is 19.8 Å². The van der Waals surface area contributed by atoms with E-state index in [1.165, 1.54) is 46.1 Å². The van der Waals surface area contributed by atoms with Gasteiger partial charge in [-0.1, -0.05) is 23.7 Å². The minimum Gasteiger partial charge on any atom is -0.465 e. The van der Waals surface area contributed by atoms with Gasteiger partial charge in [0, 0.05) is 24.3 Å². The first-order valence-electron chi connectivity index (χ1n) is 14.6. The Labute approximate surface area is 263 Å². The number of piperidine rings is 1. The van der Waals surface area contributed by atoms with Crippen molar-refractivity contribution in [2.24, 2.45) is 0 Å². The van der Waals surface area contributed by atoms with Crippen LogP contribution < -0.4 is 5.56 Å². The van der Waals surface area contributed by atoms with Gasteiger partial charge in [0.25, 0.3) is 11.5 Å². The number of fused-ring (bicyclic) bond motifs is 1. The van der Waals surface area contributed by atoms with E-state index in [0.717, 1.165) is 5.56 Å². The Morgan fingerprint density at radius 2 is 1.76 bits per heavy atom. The van der Waals surface area contributed by atoms with Crippen LogP contribution in [0.15, 0.2) is 65.7 Å². The van der Waals surface area contributed by atoms with Crippen molar-refractivity contribution < 1.29 is 28.9 Å². The SMILES string of the molecule is CC1(C)CN(C(=O)O)C(c2ccc(-n3c(Cl)cc4c(=O)n(CC5(O)CCN(C(=O)c6ccc(F)cc6)CC5)cnc43)cc2)CO1. The molecule has 2 aromatic carbocycles. The van der Waals surface area contributed by atoms with E-state index in [1.54, 1.807) is 21.6 Å². The Morgan fingerprint density at radius 3 is 2.40 bits per heavy atom. The van der Waals surface area contributed by atoms with Crippen LogP contribution in [0.2, 0.25) is 5.15 Å². The number of benzene rings is 2. The van der Waals surface area contributed by atoms with E-state index in [-0.39, 0.29) is 67.6 Å². The zero-order chi connectivity index (χ0) is 32.1. The summed E-state index contributed by atoms with van der Waals surface area (Å²) in [4.78, 5) is 45.8. The number of rotatable bonds is 5. The van der Waals surface area contributed by atoms with Gasteiger partial charge in [0.2, 0.25) is 0 Å². The molecular formula is C32H33ClFN5O6. The smallest absolute Gasteiger partial charge is 0.407 e. The van der Waals surface area contributed by atoms with Crippen LogP contribution in [0.3, 0.4) is 0 Å². The highest BCUT2D eigenvalue weighted by Crippen LogP contribution is 2.32. The van der Waals surface area contributed by atoms with E-state index in [4.69, 9.17) is 16.3 Å². The Bertz CT molecular complexity index is 1810. The van der Waals surface area contributed by atoms with Crippen LogP contribution in [-0.2, 0) is 11.3 Å². The lowest BCUT2D eigenvalue weighted by Gasteiger charge is -2.42. The minimum absolute atomic E-state index is 0.00874. The topological polar surface area (TPSA) is 130 Å². The number of carbonyl (C=O) groups is 2. The zero-order valence-electron chi connectivity index (χ0n) is 24.8. The molecule has 45 heavy (non-hydrogen) atoms. The Kier molecular flexibility index (Phi) is 7.92. The second kappa shape index (κ2) is 11.6. The number of hydrogen-bond donors (Lipinski definition) is 2. The van der Waals surface area contributed by atoms with Crippen molar-refractivity contribution in [1.82, 2.24) is 23.9 Å². The third kappa shape index (κ3) is 6.05. The molecule has 2 N–H and O–H groups in total. The van der Waals surface area contributed by atoms with E-state index in [2.05, 4.69) is 4.98 Å². The highest BCUT2D eigenvalue weighted by Gasteiger charge is 2.38. The van der Waals surface area contributed by atoms with E-state index in [0.29, 0.717) is 16.9 Å². The van der Waals surface area contributed by atoms with Crippen molar-refractivity contribution in [3.63, 3.8) is 0 Å². The zero-order valence-corrected chi connectivity index (χ0v) is 25.6. The summed E-state index contributed by atoms with van der Waals surface area (Å²) in [5.41, 5.74) is -0.0639. The maximum absolute atomic E-state index is 13.5. The van der Waals surface area contributed by atoms with Gasteiger partial charge in [-0.15, -0.1) is 0 Å². The minimum atomic E-state index is -1.23. The number of carboxylic acid groups (broad SMARTS) is 1.